The molecule has 0 aliphatic carbocycles. The summed E-state index contributed by atoms with van der Waals surface area (Å²) in [5.74, 6) is 0. The molecule has 9 aromatic rings. The van der Waals surface area contributed by atoms with Gasteiger partial charge in [-0.2, -0.15) is 0 Å². The van der Waals surface area contributed by atoms with Gasteiger partial charge in [-0.3, -0.25) is 0 Å². The van der Waals surface area contributed by atoms with Crippen LogP contribution in [0.4, 0.5) is 17.1 Å². The van der Waals surface area contributed by atoms with Crippen LogP contribution in [0.5, 0.6) is 0 Å². The van der Waals surface area contributed by atoms with Crippen molar-refractivity contribution in [1.82, 2.24) is 0 Å². The maximum Gasteiger partial charge on any atom is 0.0540 e. The molecule has 0 N–H and O–H groups in total. The lowest BCUT2D eigenvalue weighted by Crippen LogP contribution is -2.12. The number of thiophene rings is 1. The van der Waals surface area contributed by atoms with E-state index in [0.29, 0.717) is 0 Å². The zero-order valence-corrected chi connectivity index (χ0v) is 27.1. The Kier molecular flexibility index (Phi) is 7.07. The summed E-state index contributed by atoms with van der Waals surface area (Å²) in [6, 6.07) is 68.1. The molecule has 0 saturated heterocycles. The minimum absolute atomic E-state index is 1.11. The smallest absolute Gasteiger partial charge is 0.0540 e. The molecule has 0 aliphatic rings. The van der Waals surface area contributed by atoms with Gasteiger partial charge in [-0.1, -0.05) is 152 Å². The van der Waals surface area contributed by atoms with Crippen LogP contribution in [-0.2, 0) is 0 Å². The molecule has 0 bridgehead atoms. The SMILES string of the molecule is c1ccc(-c2cccc3cccc(-c4ccccc4N(c4ccccc4)c4ccccc4-c4cccc5sc6ccccc6c45)c23)cc1. The minimum atomic E-state index is 1.11. The first-order valence-corrected chi connectivity index (χ1v) is 17.2. The van der Waals surface area contributed by atoms with Crippen molar-refractivity contribution in [3.05, 3.63) is 188 Å². The van der Waals surface area contributed by atoms with E-state index in [4.69, 9.17) is 0 Å². The number of fused-ring (bicyclic) bond motifs is 4. The fraction of sp³-hybridized carbons (Fsp3) is 0. The molecular formula is C46H31NS. The molecule has 0 unspecified atom stereocenters. The van der Waals surface area contributed by atoms with Crippen molar-refractivity contribution in [3.63, 3.8) is 0 Å². The van der Waals surface area contributed by atoms with Crippen LogP contribution >= 0.6 is 11.3 Å². The molecule has 2 heteroatoms. The summed E-state index contributed by atoms with van der Waals surface area (Å²) < 4.78 is 2.62. The van der Waals surface area contributed by atoms with Gasteiger partial charge in [-0.25, -0.2) is 0 Å². The molecule has 0 saturated carbocycles. The molecular weight excluding hydrogens is 599 g/mol. The number of hydrogen-bond acceptors (Lipinski definition) is 2. The molecule has 0 amide bonds. The fourth-order valence-electron chi connectivity index (χ4n) is 7.20. The van der Waals surface area contributed by atoms with Crippen molar-refractivity contribution in [2.24, 2.45) is 0 Å². The van der Waals surface area contributed by atoms with Gasteiger partial charge in [0.25, 0.3) is 0 Å². The zero-order valence-electron chi connectivity index (χ0n) is 26.3. The van der Waals surface area contributed by atoms with E-state index in [1.807, 2.05) is 11.3 Å². The largest absolute Gasteiger partial charge is 0.309 e. The number of hydrogen-bond donors (Lipinski definition) is 0. The molecule has 226 valence electrons. The summed E-state index contributed by atoms with van der Waals surface area (Å²) in [5.41, 5.74) is 10.7. The number of rotatable bonds is 6. The molecule has 9 rings (SSSR count). The second-order valence-electron chi connectivity index (χ2n) is 12.1. The van der Waals surface area contributed by atoms with Gasteiger partial charge in [0.15, 0.2) is 0 Å². The molecule has 8 aromatic carbocycles. The van der Waals surface area contributed by atoms with Gasteiger partial charge in [0.1, 0.15) is 0 Å². The number of para-hydroxylation sites is 3. The highest BCUT2D eigenvalue weighted by molar-refractivity contribution is 7.25. The minimum Gasteiger partial charge on any atom is -0.309 e. The molecule has 1 aromatic heterocycles. The lowest BCUT2D eigenvalue weighted by atomic mass is 9.90. The van der Waals surface area contributed by atoms with E-state index in [9.17, 15) is 0 Å². The first-order chi connectivity index (χ1) is 23.8. The Labute approximate surface area is 284 Å². The highest BCUT2D eigenvalue weighted by Gasteiger charge is 2.23. The van der Waals surface area contributed by atoms with Crippen LogP contribution in [0.1, 0.15) is 0 Å². The quantitative estimate of drug-likeness (QED) is 0.177. The summed E-state index contributed by atoms with van der Waals surface area (Å²) in [4.78, 5) is 2.45. The van der Waals surface area contributed by atoms with E-state index in [1.165, 1.54) is 64.3 Å². The molecule has 0 fully saturated rings. The topological polar surface area (TPSA) is 3.24 Å². The van der Waals surface area contributed by atoms with Crippen LogP contribution in [-0.4, -0.2) is 0 Å². The standard InChI is InChI=1S/C46H31NS/c1-3-16-32(17-4-1)35-25-13-18-33-19-14-26-38(45(33)35)36-22-7-10-28-41(36)47(34-20-5-2-6-21-34)42-29-11-8-23-37(42)39-27-15-31-44-46(39)40-24-9-12-30-43(40)48-44/h1-31H. The Bertz CT molecular complexity index is 2560. The summed E-state index contributed by atoms with van der Waals surface area (Å²) >= 11 is 1.86. The average Bonchev–Trinajstić information content (AvgIpc) is 3.55. The first-order valence-electron chi connectivity index (χ1n) is 16.4. The predicted molar refractivity (Wildman–Crippen MR) is 208 cm³/mol. The predicted octanol–water partition coefficient (Wildman–Crippen LogP) is 13.7. The second-order valence-corrected chi connectivity index (χ2v) is 13.1. The Morgan fingerprint density at radius 2 is 0.833 bits per heavy atom. The third-order valence-electron chi connectivity index (χ3n) is 9.28. The van der Waals surface area contributed by atoms with Crippen LogP contribution in [0.3, 0.4) is 0 Å². The summed E-state index contributed by atoms with van der Waals surface area (Å²) in [6.07, 6.45) is 0. The van der Waals surface area contributed by atoms with E-state index in [1.54, 1.807) is 0 Å². The van der Waals surface area contributed by atoms with Crippen molar-refractivity contribution >= 4 is 59.3 Å². The van der Waals surface area contributed by atoms with Gasteiger partial charge in [-0.05, 0) is 69.4 Å². The van der Waals surface area contributed by atoms with E-state index in [-0.39, 0.29) is 0 Å². The summed E-state index contributed by atoms with van der Waals surface area (Å²) in [6.45, 7) is 0. The fourth-order valence-corrected chi connectivity index (χ4v) is 8.33. The lowest BCUT2D eigenvalue weighted by Gasteiger charge is -2.30. The molecule has 1 nitrogen and oxygen atoms in total. The van der Waals surface area contributed by atoms with E-state index >= 15 is 0 Å². The van der Waals surface area contributed by atoms with Crippen molar-refractivity contribution in [1.29, 1.82) is 0 Å². The third kappa shape index (κ3) is 4.78. The number of anilines is 3. The van der Waals surface area contributed by atoms with Gasteiger partial charge >= 0.3 is 0 Å². The van der Waals surface area contributed by atoms with Gasteiger partial charge in [0, 0.05) is 37.0 Å². The van der Waals surface area contributed by atoms with Crippen molar-refractivity contribution in [3.8, 4) is 33.4 Å². The molecule has 0 atom stereocenters. The normalized spacial score (nSPS) is 11.3. The molecule has 1 heterocycles. The molecule has 0 spiro atoms. The monoisotopic (exact) mass is 629 g/mol. The van der Waals surface area contributed by atoms with Gasteiger partial charge in [0.2, 0.25) is 0 Å². The lowest BCUT2D eigenvalue weighted by molar-refractivity contribution is 1.29. The van der Waals surface area contributed by atoms with Crippen molar-refractivity contribution in [2.75, 3.05) is 4.90 Å². The van der Waals surface area contributed by atoms with E-state index < -0.39 is 0 Å². The van der Waals surface area contributed by atoms with E-state index in [0.717, 1.165) is 17.1 Å². The molecule has 48 heavy (non-hydrogen) atoms. The molecule has 0 radical (unpaired) electrons. The second kappa shape index (κ2) is 12.0. The number of nitrogens with zero attached hydrogens (tertiary/aromatic N) is 1. The van der Waals surface area contributed by atoms with Gasteiger partial charge < -0.3 is 4.90 Å². The average molecular weight is 630 g/mol. The van der Waals surface area contributed by atoms with Crippen LogP contribution in [0.15, 0.2) is 188 Å². The summed E-state index contributed by atoms with van der Waals surface area (Å²) in [5, 5.41) is 5.10. The third-order valence-corrected chi connectivity index (χ3v) is 10.4. The Hall–Kier alpha value is -5.96. The Balaban J connectivity index is 1.32. The highest BCUT2D eigenvalue weighted by Crippen LogP contribution is 2.49. The van der Waals surface area contributed by atoms with Gasteiger partial charge in [0.05, 0.1) is 11.4 Å². The maximum absolute atomic E-state index is 2.45. The Morgan fingerprint density at radius 3 is 1.54 bits per heavy atom. The van der Waals surface area contributed by atoms with Crippen LogP contribution < -0.4 is 4.90 Å². The summed E-state index contributed by atoms with van der Waals surface area (Å²) in [7, 11) is 0. The Morgan fingerprint density at radius 1 is 0.333 bits per heavy atom. The zero-order chi connectivity index (χ0) is 31.9. The van der Waals surface area contributed by atoms with Crippen molar-refractivity contribution < 1.29 is 0 Å². The van der Waals surface area contributed by atoms with Crippen LogP contribution in [0, 0.1) is 0 Å². The highest BCUT2D eigenvalue weighted by atomic mass is 32.1. The van der Waals surface area contributed by atoms with Crippen LogP contribution in [0.25, 0.3) is 64.3 Å². The number of benzene rings is 8. The molecule has 0 aliphatic heterocycles. The van der Waals surface area contributed by atoms with E-state index in [2.05, 4.69) is 193 Å². The maximum atomic E-state index is 2.45. The van der Waals surface area contributed by atoms with Crippen LogP contribution in [0.2, 0.25) is 0 Å². The van der Waals surface area contributed by atoms with Gasteiger partial charge in [-0.15, -0.1) is 11.3 Å². The first kappa shape index (κ1) is 28.3. The van der Waals surface area contributed by atoms with Crippen molar-refractivity contribution in [2.45, 2.75) is 0 Å².